The van der Waals surface area contributed by atoms with Crippen LogP contribution in [0.25, 0.3) is 0 Å². The van der Waals surface area contributed by atoms with Crippen molar-refractivity contribution in [2.75, 3.05) is 19.7 Å². The zero-order valence-corrected chi connectivity index (χ0v) is 13.5. The molecule has 5 heteroatoms. The van der Waals surface area contributed by atoms with Gasteiger partial charge in [-0.05, 0) is 51.5 Å². The number of hydrogen-bond donors (Lipinski definition) is 0. The first-order chi connectivity index (χ1) is 9.83. The van der Waals surface area contributed by atoms with Crippen molar-refractivity contribution in [1.82, 2.24) is 4.90 Å². The Morgan fingerprint density at radius 3 is 2.62 bits per heavy atom. The lowest BCUT2D eigenvalue weighted by molar-refractivity contribution is 0.0285. The largest absolute Gasteiger partial charge is 0.493 e. The zero-order valence-electron chi connectivity index (χ0n) is 12.8. The van der Waals surface area contributed by atoms with E-state index in [1.54, 1.807) is 17.0 Å². The van der Waals surface area contributed by atoms with Crippen LogP contribution in [0.3, 0.4) is 0 Å². The molecule has 1 fully saturated rings. The Balaban J connectivity index is 1.77. The van der Waals surface area contributed by atoms with Gasteiger partial charge in [0.1, 0.15) is 11.4 Å². The molecule has 1 aliphatic heterocycles. The van der Waals surface area contributed by atoms with Crippen LogP contribution in [0.15, 0.2) is 24.3 Å². The fraction of sp³-hybridized carbons (Fsp3) is 0.562. The van der Waals surface area contributed by atoms with Crippen LogP contribution >= 0.6 is 11.6 Å². The molecule has 1 amide bonds. The Hall–Kier alpha value is -1.42. The summed E-state index contributed by atoms with van der Waals surface area (Å²) in [5.41, 5.74) is -0.449. The van der Waals surface area contributed by atoms with Gasteiger partial charge in [0.2, 0.25) is 0 Å². The summed E-state index contributed by atoms with van der Waals surface area (Å²) >= 11 is 5.83. The van der Waals surface area contributed by atoms with Crippen LogP contribution in [0.1, 0.15) is 27.2 Å². The van der Waals surface area contributed by atoms with E-state index in [1.807, 2.05) is 32.9 Å². The Morgan fingerprint density at radius 2 is 2.00 bits per heavy atom. The van der Waals surface area contributed by atoms with Gasteiger partial charge in [-0.15, -0.1) is 0 Å². The summed E-state index contributed by atoms with van der Waals surface area (Å²) in [6.07, 6.45) is 0.698. The SMILES string of the molecule is CC(C)(C)OC(=O)N1CCC(COc2ccc(Cl)cc2)C1. The molecule has 0 aliphatic carbocycles. The van der Waals surface area contributed by atoms with Gasteiger partial charge >= 0.3 is 6.09 Å². The van der Waals surface area contributed by atoms with E-state index < -0.39 is 5.60 Å². The molecule has 1 heterocycles. The second-order valence-electron chi connectivity index (χ2n) is 6.35. The van der Waals surface area contributed by atoms with Gasteiger partial charge in [-0.2, -0.15) is 0 Å². The molecular weight excluding hydrogens is 290 g/mol. The predicted octanol–water partition coefficient (Wildman–Crippen LogP) is 3.98. The van der Waals surface area contributed by atoms with Gasteiger partial charge in [0, 0.05) is 24.0 Å². The van der Waals surface area contributed by atoms with E-state index in [0.29, 0.717) is 24.1 Å². The number of benzene rings is 1. The molecule has 0 bridgehead atoms. The third-order valence-corrected chi connectivity index (χ3v) is 3.49. The number of ether oxygens (including phenoxy) is 2. The smallest absolute Gasteiger partial charge is 0.410 e. The fourth-order valence-corrected chi connectivity index (χ4v) is 2.33. The van der Waals surface area contributed by atoms with Crippen molar-refractivity contribution in [2.45, 2.75) is 32.8 Å². The molecule has 0 saturated carbocycles. The number of carbonyl (C=O) groups is 1. The molecule has 4 nitrogen and oxygen atoms in total. The fourth-order valence-electron chi connectivity index (χ4n) is 2.21. The maximum atomic E-state index is 12.0. The first-order valence-electron chi connectivity index (χ1n) is 7.20. The average Bonchev–Trinajstić information content (AvgIpc) is 2.85. The van der Waals surface area contributed by atoms with E-state index >= 15 is 0 Å². The minimum Gasteiger partial charge on any atom is -0.493 e. The van der Waals surface area contributed by atoms with E-state index in [2.05, 4.69) is 0 Å². The van der Waals surface area contributed by atoms with Crippen molar-refractivity contribution in [3.8, 4) is 5.75 Å². The van der Waals surface area contributed by atoms with Gasteiger partial charge in [0.05, 0.1) is 6.61 Å². The van der Waals surface area contributed by atoms with Gasteiger partial charge in [-0.25, -0.2) is 4.79 Å². The van der Waals surface area contributed by atoms with Crippen molar-refractivity contribution in [2.24, 2.45) is 5.92 Å². The van der Waals surface area contributed by atoms with E-state index in [-0.39, 0.29) is 6.09 Å². The van der Waals surface area contributed by atoms with Crippen LogP contribution in [0.2, 0.25) is 5.02 Å². The lowest BCUT2D eigenvalue weighted by atomic mass is 10.1. The standard InChI is InChI=1S/C16H22ClNO3/c1-16(2,3)21-15(19)18-9-8-12(10-18)11-20-14-6-4-13(17)5-7-14/h4-7,12H,8-11H2,1-3H3. The van der Waals surface area contributed by atoms with Crippen molar-refractivity contribution < 1.29 is 14.3 Å². The van der Waals surface area contributed by atoms with Crippen molar-refractivity contribution in [3.63, 3.8) is 0 Å². The molecule has 1 aromatic rings. The number of likely N-dealkylation sites (tertiary alicyclic amines) is 1. The second-order valence-corrected chi connectivity index (χ2v) is 6.78. The molecule has 1 atom stereocenters. The van der Waals surface area contributed by atoms with E-state index in [0.717, 1.165) is 18.7 Å². The molecule has 1 saturated heterocycles. The average molecular weight is 312 g/mol. The first-order valence-corrected chi connectivity index (χ1v) is 7.57. The zero-order chi connectivity index (χ0) is 15.5. The quantitative estimate of drug-likeness (QED) is 0.847. The number of nitrogens with zero attached hydrogens (tertiary/aromatic N) is 1. The summed E-state index contributed by atoms with van der Waals surface area (Å²) in [7, 11) is 0. The third-order valence-electron chi connectivity index (χ3n) is 3.24. The van der Waals surface area contributed by atoms with Gasteiger partial charge in [0.25, 0.3) is 0 Å². The highest BCUT2D eigenvalue weighted by Gasteiger charge is 2.30. The van der Waals surface area contributed by atoms with Crippen LogP contribution in [0.4, 0.5) is 4.79 Å². The predicted molar refractivity (Wildman–Crippen MR) is 82.9 cm³/mol. The lowest BCUT2D eigenvalue weighted by Crippen LogP contribution is -2.35. The van der Waals surface area contributed by atoms with E-state index in [1.165, 1.54) is 0 Å². The summed E-state index contributed by atoms with van der Waals surface area (Å²) in [4.78, 5) is 13.7. The van der Waals surface area contributed by atoms with Crippen LogP contribution in [-0.4, -0.2) is 36.3 Å². The van der Waals surface area contributed by atoms with Crippen LogP contribution in [0.5, 0.6) is 5.75 Å². The molecule has 1 aliphatic rings. The molecule has 116 valence electrons. The van der Waals surface area contributed by atoms with Gasteiger partial charge in [0.15, 0.2) is 0 Å². The molecule has 0 radical (unpaired) electrons. The van der Waals surface area contributed by atoms with Crippen molar-refractivity contribution >= 4 is 17.7 Å². The van der Waals surface area contributed by atoms with Gasteiger partial charge < -0.3 is 14.4 Å². The number of hydrogen-bond acceptors (Lipinski definition) is 3. The van der Waals surface area contributed by atoms with Gasteiger partial charge in [-0.1, -0.05) is 11.6 Å². The highest BCUT2D eigenvalue weighted by atomic mass is 35.5. The van der Waals surface area contributed by atoms with E-state index in [4.69, 9.17) is 21.1 Å². The number of halogens is 1. The monoisotopic (exact) mass is 311 g/mol. The minimum absolute atomic E-state index is 0.239. The van der Waals surface area contributed by atoms with Gasteiger partial charge in [-0.3, -0.25) is 0 Å². The molecule has 0 N–H and O–H groups in total. The molecule has 2 rings (SSSR count). The highest BCUT2D eigenvalue weighted by molar-refractivity contribution is 6.30. The number of rotatable bonds is 3. The van der Waals surface area contributed by atoms with Crippen LogP contribution < -0.4 is 4.74 Å². The molecule has 1 unspecified atom stereocenters. The molecular formula is C16H22ClNO3. The molecule has 1 aromatic carbocycles. The summed E-state index contributed by atoms with van der Waals surface area (Å²) in [5.74, 6) is 1.14. The summed E-state index contributed by atoms with van der Waals surface area (Å²) in [6.45, 7) is 7.64. The third kappa shape index (κ3) is 5.12. The Bertz CT molecular complexity index is 481. The second kappa shape index (κ2) is 6.56. The number of carbonyl (C=O) groups excluding carboxylic acids is 1. The molecule has 0 aromatic heterocycles. The van der Waals surface area contributed by atoms with Crippen LogP contribution in [0, 0.1) is 5.92 Å². The van der Waals surface area contributed by atoms with E-state index in [9.17, 15) is 4.79 Å². The normalized spacial score (nSPS) is 18.7. The summed E-state index contributed by atoms with van der Waals surface area (Å²) < 4.78 is 11.1. The lowest BCUT2D eigenvalue weighted by Gasteiger charge is -2.24. The maximum Gasteiger partial charge on any atom is 0.410 e. The van der Waals surface area contributed by atoms with Crippen LogP contribution in [-0.2, 0) is 4.74 Å². The maximum absolute atomic E-state index is 12.0. The summed E-state index contributed by atoms with van der Waals surface area (Å²) in [5, 5.41) is 0.694. The molecule has 0 spiro atoms. The molecule has 21 heavy (non-hydrogen) atoms. The Kier molecular flexibility index (Phi) is 4.99. The minimum atomic E-state index is -0.449. The number of amides is 1. The highest BCUT2D eigenvalue weighted by Crippen LogP contribution is 2.21. The Morgan fingerprint density at radius 1 is 1.33 bits per heavy atom. The van der Waals surface area contributed by atoms with Crippen molar-refractivity contribution in [3.05, 3.63) is 29.3 Å². The topological polar surface area (TPSA) is 38.8 Å². The first kappa shape index (κ1) is 16.0. The van der Waals surface area contributed by atoms with Crippen molar-refractivity contribution in [1.29, 1.82) is 0 Å². The summed E-state index contributed by atoms with van der Waals surface area (Å²) in [6, 6.07) is 7.31. The Labute approximate surface area is 131 Å².